The van der Waals surface area contributed by atoms with E-state index in [9.17, 15) is 4.79 Å². The number of hydrogen-bond acceptors (Lipinski definition) is 2. The van der Waals surface area contributed by atoms with Gasteiger partial charge in [0.2, 0.25) is 0 Å². The van der Waals surface area contributed by atoms with Gasteiger partial charge in [-0.25, -0.2) is 0 Å². The van der Waals surface area contributed by atoms with E-state index in [4.69, 9.17) is 0 Å². The number of carbonyl (C=O) groups is 1. The largest absolute Gasteiger partial charge is 0.355 e. The molecule has 0 saturated heterocycles. The van der Waals surface area contributed by atoms with Crippen LogP contribution in [0.4, 0.5) is 0 Å². The van der Waals surface area contributed by atoms with Crippen LogP contribution in [-0.2, 0) is 6.54 Å². The van der Waals surface area contributed by atoms with Crippen LogP contribution in [0.3, 0.4) is 0 Å². The Bertz CT molecular complexity index is 591. The average molecular weight is 296 g/mol. The molecule has 2 aromatic rings. The maximum atomic E-state index is 11.5. The average Bonchev–Trinajstić information content (AvgIpc) is 2.55. The lowest BCUT2D eigenvalue weighted by Crippen LogP contribution is -2.25. The first-order chi connectivity index (χ1) is 10.6. The van der Waals surface area contributed by atoms with Crippen molar-refractivity contribution in [2.75, 3.05) is 7.05 Å². The Hall–Kier alpha value is -2.13. The Balaban J connectivity index is 2.02. The number of benzene rings is 2. The summed E-state index contributed by atoms with van der Waals surface area (Å²) in [5, 5.41) is 6.25. The molecular formula is C19H24N2O. The highest BCUT2D eigenvalue weighted by molar-refractivity contribution is 5.93. The van der Waals surface area contributed by atoms with Gasteiger partial charge in [0.1, 0.15) is 0 Å². The zero-order valence-corrected chi connectivity index (χ0v) is 13.5. The molecule has 2 rings (SSSR count). The van der Waals surface area contributed by atoms with Crippen molar-refractivity contribution in [3.63, 3.8) is 0 Å². The van der Waals surface area contributed by atoms with E-state index >= 15 is 0 Å². The molecular weight excluding hydrogens is 272 g/mol. The maximum Gasteiger partial charge on any atom is 0.251 e. The topological polar surface area (TPSA) is 41.1 Å². The Morgan fingerprint density at radius 3 is 2.18 bits per heavy atom. The third-order valence-electron chi connectivity index (χ3n) is 3.79. The second-order valence-corrected chi connectivity index (χ2v) is 5.79. The summed E-state index contributed by atoms with van der Waals surface area (Å²) in [7, 11) is 1.64. The van der Waals surface area contributed by atoms with Crippen molar-refractivity contribution in [2.24, 2.45) is 5.92 Å². The fraction of sp³-hybridized carbons (Fsp3) is 0.316. The van der Waals surface area contributed by atoms with Crippen LogP contribution in [0.25, 0.3) is 0 Å². The van der Waals surface area contributed by atoms with Gasteiger partial charge in [-0.15, -0.1) is 0 Å². The molecule has 3 nitrogen and oxygen atoms in total. The number of nitrogens with one attached hydrogen (secondary N) is 2. The van der Waals surface area contributed by atoms with Crippen molar-refractivity contribution >= 4 is 5.91 Å². The minimum Gasteiger partial charge on any atom is -0.355 e. The van der Waals surface area contributed by atoms with Gasteiger partial charge in [-0.05, 0) is 29.2 Å². The van der Waals surface area contributed by atoms with Crippen LogP contribution in [0.5, 0.6) is 0 Å². The quantitative estimate of drug-likeness (QED) is 0.856. The first-order valence-corrected chi connectivity index (χ1v) is 7.71. The van der Waals surface area contributed by atoms with Gasteiger partial charge in [0.15, 0.2) is 0 Å². The molecule has 0 aliphatic carbocycles. The minimum absolute atomic E-state index is 0.0520. The summed E-state index contributed by atoms with van der Waals surface area (Å²) in [6.45, 7) is 5.23. The van der Waals surface area contributed by atoms with Gasteiger partial charge in [-0.3, -0.25) is 4.79 Å². The van der Waals surface area contributed by atoms with Crippen molar-refractivity contribution in [1.82, 2.24) is 10.6 Å². The Morgan fingerprint density at radius 1 is 1.00 bits per heavy atom. The Labute approximate surface area is 132 Å². The van der Waals surface area contributed by atoms with E-state index in [0.29, 0.717) is 17.5 Å². The molecule has 1 amide bonds. The monoisotopic (exact) mass is 296 g/mol. The summed E-state index contributed by atoms with van der Waals surface area (Å²) in [6, 6.07) is 18.6. The van der Waals surface area contributed by atoms with Gasteiger partial charge < -0.3 is 10.6 Å². The third-order valence-corrected chi connectivity index (χ3v) is 3.79. The highest BCUT2D eigenvalue weighted by Crippen LogP contribution is 2.21. The molecule has 116 valence electrons. The normalized spacial score (nSPS) is 12.2. The van der Waals surface area contributed by atoms with Crippen molar-refractivity contribution < 1.29 is 4.79 Å². The molecule has 3 heteroatoms. The van der Waals surface area contributed by atoms with Gasteiger partial charge in [-0.2, -0.15) is 0 Å². The predicted octanol–water partition coefficient (Wildman–Crippen LogP) is 3.53. The molecule has 0 aliphatic rings. The molecule has 0 fully saturated rings. The first-order valence-electron chi connectivity index (χ1n) is 7.71. The summed E-state index contributed by atoms with van der Waals surface area (Å²) < 4.78 is 0. The molecule has 0 heterocycles. The molecule has 1 unspecified atom stereocenters. The molecule has 0 aromatic heterocycles. The van der Waals surface area contributed by atoms with Crippen LogP contribution in [0.1, 0.15) is 41.4 Å². The molecule has 0 radical (unpaired) electrons. The predicted molar refractivity (Wildman–Crippen MR) is 90.7 cm³/mol. The molecule has 22 heavy (non-hydrogen) atoms. The maximum absolute atomic E-state index is 11.5. The van der Waals surface area contributed by atoms with Crippen molar-refractivity contribution in [3.05, 3.63) is 71.3 Å². The van der Waals surface area contributed by atoms with Crippen LogP contribution >= 0.6 is 0 Å². The van der Waals surface area contributed by atoms with Crippen LogP contribution in [0.2, 0.25) is 0 Å². The molecule has 1 atom stereocenters. The van der Waals surface area contributed by atoms with E-state index in [-0.39, 0.29) is 5.91 Å². The Morgan fingerprint density at radius 2 is 1.64 bits per heavy atom. The van der Waals surface area contributed by atoms with Crippen LogP contribution in [0, 0.1) is 5.92 Å². The van der Waals surface area contributed by atoms with E-state index in [0.717, 1.165) is 6.54 Å². The van der Waals surface area contributed by atoms with Gasteiger partial charge in [0, 0.05) is 25.2 Å². The molecule has 0 aliphatic heterocycles. The second kappa shape index (κ2) is 7.76. The fourth-order valence-electron chi connectivity index (χ4n) is 2.54. The summed E-state index contributed by atoms with van der Waals surface area (Å²) >= 11 is 0. The fourth-order valence-corrected chi connectivity index (χ4v) is 2.54. The van der Waals surface area contributed by atoms with E-state index in [1.807, 2.05) is 30.3 Å². The van der Waals surface area contributed by atoms with Crippen LogP contribution in [-0.4, -0.2) is 13.0 Å². The Kier molecular flexibility index (Phi) is 5.73. The molecule has 2 N–H and O–H groups in total. The first kappa shape index (κ1) is 16.2. The minimum atomic E-state index is -0.0520. The third kappa shape index (κ3) is 4.18. The van der Waals surface area contributed by atoms with Gasteiger partial charge in [0.25, 0.3) is 5.91 Å². The van der Waals surface area contributed by atoms with E-state index in [2.05, 4.69) is 48.7 Å². The molecule has 0 spiro atoms. The summed E-state index contributed by atoms with van der Waals surface area (Å²) in [5.41, 5.74) is 3.17. The van der Waals surface area contributed by atoms with E-state index in [1.54, 1.807) is 7.05 Å². The van der Waals surface area contributed by atoms with Crippen molar-refractivity contribution in [2.45, 2.75) is 26.4 Å². The van der Waals surface area contributed by atoms with Crippen LogP contribution in [0.15, 0.2) is 54.6 Å². The standard InChI is InChI=1S/C19H24N2O/c1-14(2)18(16-7-5-4-6-8-16)21-13-15-9-11-17(12-10-15)19(22)20-3/h4-12,14,18,21H,13H2,1-3H3,(H,20,22). The molecule has 2 aromatic carbocycles. The van der Waals surface area contributed by atoms with Crippen LogP contribution < -0.4 is 10.6 Å². The van der Waals surface area contributed by atoms with Crippen molar-refractivity contribution in [1.29, 1.82) is 0 Å². The molecule has 0 saturated carbocycles. The van der Waals surface area contributed by atoms with E-state index < -0.39 is 0 Å². The summed E-state index contributed by atoms with van der Waals surface area (Å²) in [4.78, 5) is 11.5. The lowest BCUT2D eigenvalue weighted by Gasteiger charge is -2.23. The number of rotatable bonds is 6. The van der Waals surface area contributed by atoms with Gasteiger partial charge >= 0.3 is 0 Å². The SMILES string of the molecule is CNC(=O)c1ccc(CNC(c2ccccc2)C(C)C)cc1. The second-order valence-electron chi connectivity index (χ2n) is 5.79. The zero-order chi connectivity index (χ0) is 15.9. The highest BCUT2D eigenvalue weighted by Gasteiger charge is 2.14. The number of amides is 1. The van der Waals surface area contributed by atoms with Gasteiger partial charge in [-0.1, -0.05) is 56.3 Å². The smallest absolute Gasteiger partial charge is 0.251 e. The van der Waals surface area contributed by atoms with Gasteiger partial charge in [0.05, 0.1) is 0 Å². The lowest BCUT2D eigenvalue weighted by molar-refractivity contribution is 0.0963. The lowest BCUT2D eigenvalue weighted by atomic mass is 9.96. The zero-order valence-electron chi connectivity index (χ0n) is 13.5. The summed E-state index contributed by atoms with van der Waals surface area (Å²) in [6.07, 6.45) is 0. The number of hydrogen-bond donors (Lipinski definition) is 2. The van der Waals surface area contributed by atoms with Crippen molar-refractivity contribution in [3.8, 4) is 0 Å². The summed E-state index contributed by atoms with van der Waals surface area (Å²) in [5.74, 6) is 0.455. The number of carbonyl (C=O) groups excluding carboxylic acids is 1. The van der Waals surface area contributed by atoms with E-state index in [1.165, 1.54) is 11.1 Å². The highest BCUT2D eigenvalue weighted by atomic mass is 16.1. The molecule has 0 bridgehead atoms.